The molecule has 10 aromatic rings. The average Bonchev–Trinajstić information content (AvgIpc) is 3.97. The second-order valence-corrected chi connectivity index (χ2v) is 24.4. The fraction of sp³-hybridized carbons (Fsp3) is 0.242. The van der Waals surface area contributed by atoms with Crippen molar-refractivity contribution >= 4 is 107 Å². The van der Waals surface area contributed by atoms with Crippen LogP contribution in [-0.4, -0.2) is 6.71 Å². The second-order valence-electron chi connectivity index (χ2n) is 24.4. The number of hydrogen-bond donors (Lipinski definition) is 0. The first-order chi connectivity index (χ1) is 34.2. The first-order valence-electron chi connectivity index (χ1n) is 25.7. The molecule has 0 radical (unpaired) electrons. The molecule has 0 spiro atoms. The van der Waals surface area contributed by atoms with Crippen LogP contribution in [0.2, 0.25) is 0 Å². The summed E-state index contributed by atoms with van der Waals surface area (Å²) in [6, 6.07) is 59.5. The monoisotopic (exact) mass is 942 g/mol. The SMILES string of the molecule is CC(C)(C)c1ccc(N(c2ccc(C(C)(C)C)cc2)c2ccc3c(c2)N(c2cccc4c2oc2ccccc24)c2cc(C(C)(C)C)cc4c2B3c2cc3cocc3cc2N4c2ccc(C(C)(C)C)cc2)cc1. The lowest BCUT2D eigenvalue weighted by Crippen LogP contribution is -2.61. The highest BCUT2D eigenvalue weighted by Crippen LogP contribution is 2.50. The van der Waals surface area contributed by atoms with E-state index in [0.29, 0.717) is 0 Å². The maximum absolute atomic E-state index is 7.01. The molecule has 0 saturated heterocycles. The lowest BCUT2D eigenvalue weighted by Gasteiger charge is -2.45. The largest absolute Gasteiger partial charge is 0.471 e. The van der Waals surface area contributed by atoms with E-state index < -0.39 is 0 Å². The van der Waals surface area contributed by atoms with Gasteiger partial charge in [0.15, 0.2) is 5.58 Å². The highest BCUT2D eigenvalue weighted by atomic mass is 16.3. The molecule has 2 aliphatic heterocycles. The van der Waals surface area contributed by atoms with E-state index in [9.17, 15) is 0 Å². The van der Waals surface area contributed by atoms with E-state index in [1.807, 2.05) is 12.5 Å². The van der Waals surface area contributed by atoms with E-state index in [1.54, 1.807) is 0 Å². The summed E-state index contributed by atoms with van der Waals surface area (Å²) in [5.74, 6) is 0. The van der Waals surface area contributed by atoms with Crippen LogP contribution < -0.4 is 31.1 Å². The van der Waals surface area contributed by atoms with Gasteiger partial charge in [0.1, 0.15) is 5.58 Å². The summed E-state index contributed by atoms with van der Waals surface area (Å²) in [6.07, 6.45) is 3.78. The Kier molecular flexibility index (Phi) is 10.2. The minimum Gasteiger partial charge on any atom is -0.471 e. The normalized spacial score (nSPS) is 13.8. The van der Waals surface area contributed by atoms with Crippen LogP contribution in [0, 0.1) is 0 Å². The summed E-state index contributed by atoms with van der Waals surface area (Å²) in [6.45, 7) is 27.4. The number of rotatable bonds is 5. The second kappa shape index (κ2) is 16.0. The van der Waals surface area contributed by atoms with Crippen LogP contribution >= 0.6 is 0 Å². The number of fused-ring (bicyclic) bond motifs is 8. The molecular formula is C66H64BN3O2. The van der Waals surface area contributed by atoms with Crippen LogP contribution in [-0.2, 0) is 21.7 Å². The molecule has 0 bridgehead atoms. The minimum atomic E-state index is -0.189. The van der Waals surface area contributed by atoms with E-state index >= 15 is 0 Å². The Morgan fingerprint density at radius 2 is 0.917 bits per heavy atom. The zero-order chi connectivity index (χ0) is 50.2. The predicted octanol–water partition coefficient (Wildman–Crippen LogP) is 17.1. The topological polar surface area (TPSA) is 36.0 Å². The van der Waals surface area contributed by atoms with Gasteiger partial charge in [0, 0.05) is 67.0 Å². The van der Waals surface area contributed by atoms with E-state index in [-0.39, 0.29) is 28.4 Å². The Hall–Kier alpha value is -7.44. The highest BCUT2D eigenvalue weighted by Gasteiger charge is 2.45. The van der Waals surface area contributed by atoms with Crippen molar-refractivity contribution in [1.82, 2.24) is 0 Å². The number of benzene rings is 8. The van der Waals surface area contributed by atoms with Gasteiger partial charge in [-0.2, -0.15) is 0 Å². The molecule has 2 aliphatic rings. The van der Waals surface area contributed by atoms with Crippen LogP contribution in [0.4, 0.5) is 51.2 Å². The number of furan rings is 2. The molecule has 0 amide bonds. The number of para-hydroxylation sites is 2. The molecule has 0 atom stereocenters. The molecular weight excluding hydrogens is 878 g/mol. The van der Waals surface area contributed by atoms with Crippen molar-refractivity contribution in [2.24, 2.45) is 0 Å². The maximum Gasteiger partial charge on any atom is 0.252 e. The van der Waals surface area contributed by atoms with Crippen molar-refractivity contribution in [3.8, 4) is 0 Å². The van der Waals surface area contributed by atoms with Gasteiger partial charge in [0.2, 0.25) is 0 Å². The zero-order valence-corrected chi connectivity index (χ0v) is 43.9. The first-order valence-corrected chi connectivity index (χ1v) is 25.7. The van der Waals surface area contributed by atoms with Crippen LogP contribution in [0.3, 0.4) is 0 Å². The highest BCUT2D eigenvalue weighted by molar-refractivity contribution is 7.00. The van der Waals surface area contributed by atoms with Crippen molar-refractivity contribution in [3.63, 3.8) is 0 Å². The zero-order valence-electron chi connectivity index (χ0n) is 43.9. The summed E-state index contributed by atoms with van der Waals surface area (Å²) in [4.78, 5) is 7.47. The lowest BCUT2D eigenvalue weighted by molar-refractivity contribution is 0.572. The third-order valence-corrected chi connectivity index (χ3v) is 15.4. The van der Waals surface area contributed by atoms with E-state index in [4.69, 9.17) is 8.83 Å². The maximum atomic E-state index is 7.01. The van der Waals surface area contributed by atoms with E-state index in [0.717, 1.165) is 78.2 Å². The Bertz CT molecular complexity index is 3680. The Morgan fingerprint density at radius 1 is 0.403 bits per heavy atom. The van der Waals surface area contributed by atoms with Gasteiger partial charge in [0.25, 0.3) is 6.71 Å². The number of nitrogens with zero attached hydrogens (tertiary/aromatic N) is 3. The molecule has 0 saturated carbocycles. The molecule has 358 valence electrons. The van der Waals surface area contributed by atoms with Gasteiger partial charge in [-0.15, -0.1) is 0 Å². The molecule has 5 nitrogen and oxygen atoms in total. The number of hydrogen-bond acceptors (Lipinski definition) is 5. The smallest absolute Gasteiger partial charge is 0.252 e. The summed E-state index contributed by atoms with van der Waals surface area (Å²) >= 11 is 0. The van der Waals surface area contributed by atoms with Crippen molar-refractivity contribution in [2.45, 2.75) is 105 Å². The van der Waals surface area contributed by atoms with Gasteiger partial charge in [-0.1, -0.05) is 162 Å². The van der Waals surface area contributed by atoms with Gasteiger partial charge in [-0.25, -0.2) is 0 Å². The minimum absolute atomic E-state index is 0.0137. The lowest BCUT2D eigenvalue weighted by atomic mass is 9.33. The van der Waals surface area contributed by atoms with E-state index in [1.165, 1.54) is 44.3 Å². The standard InChI is InChI=1S/C66H64BN3O2/c1-63(2,3)43-20-26-47(27-21-43)68(48-28-22-44(23-29-48)64(4,5)6)50-32-33-53-57(38-50)70(55-18-15-17-52-51-16-13-14-19-60(51)72-62(52)55)59-37-46(66(10,11)12)36-58-61(59)67(53)54-34-41-39-71-40-42(41)35-56(54)69(58)49-30-24-45(25-31-49)65(7,8)9/h13-40H,1-12H3. The Morgan fingerprint density at radius 3 is 1.51 bits per heavy atom. The van der Waals surface area contributed by atoms with E-state index in [2.05, 4.69) is 256 Å². The Balaban J connectivity index is 1.18. The third-order valence-electron chi connectivity index (χ3n) is 15.4. The molecule has 0 fully saturated rings. The van der Waals surface area contributed by atoms with Crippen LogP contribution in [0.25, 0.3) is 32.7 Å². The summed E-state index contributed by atoms with van der Waals surface area (Å²) in [5, 5.41) is 4.37. The van der Waals surface area contributed by atoms with Crippen molar-refractivity contribution in [3.05, 3.63) is 193 Å². The van der Waals surface area contributed by atoms with Crippen molar-refractivity contribution < 1.29 is 8.83 Å². The van der Waals surface area contributed by atoms with Gasteiger partial charge < -0.3 is 23.5 Å². The first kappa shape index (κ1) is 45.7. The molecule has 12 rings (SSSR count). The molecule has 4 heterocycles. The molecule has 2 aromatic heterocycles. The van der Waals surface area contributed by atoms with Crippen molar-refractivity contribution in [1.29, 1.82) is 0 Å². The van der Waals surface area contributed by atoms with Gasteiger partial charge in [-0.3, -0.25) is 0 Å². The third kappa shape index (κ3) is 7.44. The molecule has 0 unspecified atom stereocenters. The van der Waals surface area contributed by atoms with Gasteiger partial charge in [0.05, 0.1) is 18.2 Å². The van der Waals surface area contributed by atoms with Crippen LogP contribution in [0.15, 0.2) is 179 Å². The van der Waals surface area contributed by atoms with Crippen molar-refractivity contribution in [2.75, 3.05) is 14.7 Å². The quantitative estimate of drug-likeness (QED) is 0.161. The fourth-order valence-corrected chi connectivity index (χ4v) is 11.2. The summed E-state index contributed by atoms with van der Waals surface area (Å²) in [5.41, 5.74) is 20.5. The predicted molar refractivity (Wildman–Crippen MR) is 307 cm³/mol. The number of anilines is 9. The van der Waals surface area contributed by atoms with Gasteiger partial charge in [-0.05, 0) is 139 Å². The average molecular weight is 942 g/mol. The fourth-order valence-electron chi connectivity index (χ4n) is 11.2. The molecule has 8 aromatic carbocycles. The molecule has 0 N–H and O–H groups in total. The molecule has 72 heavy (non-hydrogen) atoms. The Labute approximate surface area is 425 Å². The molecule has 0 aliphatic carbocycles. The van der Waals surface area contributed by atoms with Gasteiger partial charge >= 0.3 is 0 Å². The summed E-state index contributed by atoms with van der Waals surface area (Å²) in [7, 11) is 0. The summed E-state index contributed by atoms with van der Waals surface area (Å²) < 4.78 is 13.0. The van der Waals surface area contributed by atoms with Crippen LogP contribution in [0.1, 0.15) is 105 Å². The van der Waals surface area contributed by atoms with Crippen LogP contribution in [0.5, 0.6) is 0 Å². The molecule has 6 heteroatoms.